The van der Waals surface area contributed by atoms with Gasteiger partial charge in [-0.25, -0.2) is 9.59 Å². The van der Waals surface area contributed by atoms with Crippen molar-refractivity contribution in [1.82, 2.24) is 9.13 Å². The van der Waals surface area contributed by atoms with E-state index < -0.39 is 17.3 Å². The van der Waals surface area contributed by atoms with Crippen LogP contribution >= 0.6 is 0 Å². The molecule has 0 saturated heterocycles. The molecule has 2 N–H and O–H groups in total. The Morgan fingerprint density at radius 1 is 0.857 bits per heavy atom. The molecule has 144 valence electrons. The Labute approximate surface area is 161 Å². The van der Waals surface area contributed by atoms with E-state index in [1.165, 1.54) is 30.6 Å². The number of carbonyl (C=O) groups excluding carboxylic acids is 1. The molecule has 0 fully saturated rings. The zero-order valence-corrected chi connectivity index (χ0v) is 15.8. The summed E-state index contributed by atoms with van der Waals surface area (Å²) in [5.74, 6) is 0.158. The van der Waals surface area contributed by atoms with Crippen molar-refractivity contribution in [2.24, 2.45) is 14.1 Å². The third-order valence-electron chi connectivity index (χ3n) is 4.32. The van der Waals surface area contributed by atoms with E-state index in [2.05, 4.69) is 10.6 Å². The van der Waals surface area contributed by atoms with Gasteiger partial charge in [-0.1, -0.05) is 36.4 Å². The molecule has 2 amide bonds. The van der Waals surface area contributed by atoms with E-state index in [0.29, 0.717) is 11.4 Å². The normalized spacial score (nSPS) is 10.4. The van der Waals surface area contributed by atoms with Crippen LogP contribution in [0.2, 0.25) is 0 Å². The molecular weight excluding hydrogens is 358 g/mol. The van der Waals surface area contributed by atoms with Crippen LogP contribution in [-0.2, 0) is 14.1 Å². The van der Waals surface area contributed by atoms with Crippen LogP contribution in [0.3, 0.4) is 0 Å². The van der Waals surface area contributed by atoms with Crippen LogP contribution in [0.5, 0.6) is 0 Å². The van der Waals surface area contributed by atoms with Gasteiger partial charge in [0, 0.05) is 32.5 Å². The summed E-state index contributed by atoms with van der Waals surface area (Å²) >= 11 is 0. The van der Waals surface area contributed by atoms with E-state index in [0.717, 1.165) is 4.57 Å². The second-order valence-corrected chi connectivity index (χ2v) is 6.25. The maximum Gasteiger partial charge on any atom is 0.332 e. The maximum absolute atomic E-state index is 12.8. The highest BCUT2D eigenvalue weighted by molar-refractivity contribution is 6.02. The van der Waals surface area contributed by atoms with Crippen molar-refractivity contribution < 1.29 is 4.79 Å². The van der Waals surface area contributed by atoms with Gasteiger partial charge in [-0.05, 0) is 24.3 Å². The predicted molar refractivity (Wildman–Crippen MR) is 111 cm³/mol. The largest absolute Gasteiger partial charge is 0.348 e. The summed E-state index contributed by atoms with van der Waals surface area (Å²) in [6.45, 7) is 0. The van der Waals surface area contributed by atoms with Gasteiger partial charge in [0.05, 0.1) is 0 Å². The van der Waals surface area contributed by atoms with E-state index in [1.807, 2.05) is 24.3 Å². The van der Waals surface area contributed by atoms with Gasteiger partial charge in [0.1, 0.15) is 11.5 Å². The summed E-state index contributed by atoms with van der Waals surface area (Å²) in [6.07, 6.45) is 0. The van der Waals surface area contributed by atoms with Gasteiger partial charge in [-0.2, -0.15) is 0 Å². The SMILES string of the molecule is CN(C(=O)Nc1ccccc1)c1c(Nc2ccccc2)c(=O)n(C)c(=O)n1C. The Morgan fingerprint density at radius 3 is 1.96 bits per heavy atom. The summed E-state index contributed by atoms with van der Waals surface area (Å²) in [7, 11) is 4.41. The number of nitrogens with zero attached hydrogens (tertiary/aromatic N) is 3. The lowest BCUT2D eigenvalue weighted by atomic mass is 10.3. The molecule has 2 aromatic carbocycles. The average molecular weight is 379 g/mol. The lowest BCUT2D eigenvalue weighted by Gasteiger charge is -2.24. The standard InChI is InChI=1S/C20H21N5O3/c1-23(19(27)22-15-12-8-5-9-13-15)17-16(21-14-10-6-4-7-11-14)18(26)25(3)20(28)24(17)2/h4-13,21H,1-3H3,(H,22,27). The van der Waals surface area contributed by atoms with Gasteiger partial charge in [-0.3, -0.25) is 18.8 Å². The Balaban J connectivity index is 2.06. The van der Waals surface area contributed by atoms with E-state index in [-0.39, 0.29) is 11.5 Å². The van der Waals surface area contributed by atoms with Crippen LogP contribution in [0.25, 0.3) is 0 Å². The molecule has 1 aromatic heterocycles. The number of rotatable bonds is 4. The van der Waals surface area contributed by atoms with Gasteiger partial charge < -0.3 is 10.6 Å². The van der Waals surface area contributed by atoms with Crippen molar-refractivity contribution >= 4 is 28.9 Å². The number of para-hydroxylation sites is 2. The molecule has 0 radical (unpaired) electrons. The summed E-state index contributed by atoms with van der Waals surface area (Å²) in [4.78, 5) is 39.2. The first-order valence-electron chi connectivity index (χ1n) is 8.62. The average Bonchev–Trinajstić information content (AvgIpc) is 2.71. The molecule has 0 unspecified atom stereocenters. The molecule has 1 heterocycles. The quantitative estimate of drug-likeness (QED) is 0.729. The predicted octanol–water partition coefficient (Wildman–Crippen LogP) is 2.50. The summed E-state index contributed by atoms with van der Waals surface area (Å²) in [5.41, 5.74) is 0.336. The lowest BCUT2D eigenvalue weighted by molar-refractivity contribution is 0.257. The number of anilines is 4. The molecule has 0 saturated carbocycles. The second kappa shape index (κ2) is 7.83. The molecule has 8 heteroatoms. The molecule has 3 aromatic rings. The number of urea groups is 1. The van der Waals surface area contributed by atoms with Crippen molar-refractivity contribution in [3.63, 3.8) is 0 Å². The van der Waals surface area contributed by atoms with E-state index in [4.69, 9.17) is 0 Å². The second-order valence-electron chi connectivity index (χ2n) is 6.25. The third kappa shape index (κ3) is 3.66. The fourth-order valence-corrected chi connectivity index (χ4v) is 2.83. The molecule has 8 nitrogen and oxygen atoms in total. The maximum atomic E-state index is 12.8. The Bertz CT molecular complexity index is 1100. The minimum absolute atomic E-state index is 0.126. The van der Waals surface area contributed by atoms with Gasteiger partial charge in [0.15, 0.2) is 0 Å². The minimum Gasteiger partial charge on any atom is -0.348 e. The highest BCUT2D eigenvalue weighted by atomic mass is 16.2. The van der Waals surface area contributed by atoms with Crippen molar-refractivity contribution in [3.8, 4) is 0 Å². The number of nitrogens with one attached hydrogen (secondary N) is 2. The molecule has 0 aliphatic heterocycles. The summed E-state index contributed by atoms with van der Waals surface area (Å²) < 4.78 is 2.26. The molecule has 0 aliphatic rings. The van der Waals surface area contributed by atoms with Crippen molar-refractivity contribution in [1.29, 1.82) is 0 Å². The zero-order valence-electron chi connectivity index (χ0n) is 15.8. The molecule has 28 heavy (non-hydrogen) atoms. The molecule has 0 aliphatic carbocycles. The third-order valence-corrected chi connectivity index (χ3v) is 4.32. The van der Waals surface area contributed by atoms with Crippen LogP contribution in [0, 0.1) is 0 Å². The highest BCUT2D eigenvalue weighted by Crippen LogP contribution is 2.23. The topological polar surface area (TPSA) is 88.4 Å². The minimum atomic E-state index is -0.530. The number of aromatic nitrogens is 2. The van der Waals surface area contributed by atoms with Crippen molar-refractivity contribution in [2.75, 3.05) is 22.6 Å². The molecule has 3 rings (SSSR count). The Hall–Kier alpha value is -3.81. The Kier molecular flexibility index (Phi) is 5.30. The summed E-state index contributed by atoms with van der Waals surface area (Å²) in [5, 5.41) is 5.78. The van der Waals surface area contributed by atoms with Crippen molar-refractivity contribution in [3.05, 3.63) is 81.5 Å². The van der Waals surface area contributed by atoms with E-state index >= 15 is 0 Å². The number of hydrogen-bond acceptors (Lipinski definition) is 4. The van der Waals surface area contributed by atoms with Crippen LogP contribution in [-0.4, -0.2) is 22.2 Å². The number of amides is 2. The number of benzene rings is 2. The van der Waals surface area contributed by atoms with Crippen LogP contribution in [0.1, 0.15) is 0 Å². The van der Waals surface area contributed by atoms with Crippen LogP contribution in [0.4, 0.5) is 27.7 Å². The van der Waals surface area contributed by atoms with E-state index in [9.17, 15) is 14.4 Å². The Morgan fingerprint density at radius 2 is 1.39 bits per heavy atom. The highest BCUT2D eigenvalue weighted by Gasteiger charge is 2.23. The molecule has 0 spiro atoms. The lowest BCUT2D eigenvalue weighted by Crippen LogP contribution is -2.43. The molecule has 0 bridgehead atoms. The first-order valence-corrected chi connectivity index (χ1v) is 8.62. The smallest absolute Gasteiger partial charge is 0.332 e. The van der Waals surface area contributed by atoms with E-state index in [1.54, 1.807) is 36.4 Å². The first-order chi connectivity index (χ1) is 13.4. The van der Waals surface area contributed by atoms with Gasteiger partial charge in [0.25, 0.3) is 5.56 Å². The fraction of sp³-hybridized carbons (Fsp3) is 0.150. The molecule has 0 atom stereocenters. The van der Waals surface area contributed by atoms with Crippen LogP contribution < -0.4 is 26.8 Å². The number of hydrogen-bond donors (Lipinski definition) is 2. The first kappa shape index (κ1) is 19.0. The van der Waals surface area contributed by atoms with Gasteiger partial charge >= 0.3 is 11.7 Å². The summed E-state index contributed by atoms with van der Waals surface area (Å²) in [6, 6.07) is 17.5. The van der Waals surface area contributed by atoms with Crippen LogP contribution in [0.15, 0.2) is 70.3 Å². The fourth-order valence-electron chi connectivity index (χ4n) is 2.83. The van der Waals surface area contributed by atoms with Gasteiger partial charge in [-0.15, -0.1) is 0 Å². The number of carbonyl (C=O) groups is 1. The monoisotopic (exact) mass is 379 g/mol. The van der Waals surface area contributed by atoms with Gasteiger partial charge in [0.2, 0.25) is 0 Å². The molecular formula is C20H21N5O3. The zero-order chi connectivity index (χ0) is 20.3. The van der Waals surface area contributed by atoms with Crippen molar-refractivity contribution in [2.45, 2.75) is 0 Å².